The Morgan fingerprint density at radius 1 is 1.24 bits per heavy atom. The smallest absolute Gasteiger partial charge is 0.410 e. The van der Waals surface area contributed by atoms with Crippen molar-refractivity contribution in [3.05, 3.63) is 29.1 Å². The normalized spacial score (nSPS) is 21.8. The van der Waals surface area contributed by atoms with Gasteiger partial charge in [-0.3, -0.25) is 19.7 Å². The van der Waals surface area contributed by atoms with E-state index in [1.807, 2.05) is 20.8 Å². The molecule has 0 aromatic heterocycles. The van der Waals surface area contributed by atoms with E-state index in [1.165, 1.54) is 12.1 Å². The molecule has 0 unspecified atom stereocenters. The Morgan fingerprint density at radius 2 is 1.94 bits per heavy atom. The molecule has 4 rings (SSSR count). The Labute approximate surface area is 191 Å². The molecule has 10 heteroatoms. The molecular weight excluding hydrogens is 433 g/mol. The lowest BCUT2D eigenvalue weighted by Gasteiger charge is -2.38. The fourth-order valence-electron chi connectivity index (χ4n) is 4.48. The number of piperidine rings is 2. The molecule has 0 bridgehead atoms. The number of hydrogen-bond acceptors (Lipinski definition) is 6. The molecule has 1 aromatic rings. The lowest BCUT2D eigenvalue weighted by Crippen LogP contribution is -2.52. The Morgan fingerprint density at radius 3 is 2.58 bits per heavy atom. The number of nitrogens with zero attached hydrogens (tertiary/aromatic N) is 1. The summed E-state index contributed by atoms with van der Waals surface area (Å²) in [5.74, 6) is -2.03. The third-order valence-electron chi connectivity index (χ3n) is 6.31. The van der Waals surface area contributed by atoms with Gasteiger partial charge in [0.25, 0.3) is 5.91 Å². The fourth-order valence-corrected chi connectivity index (χ4v) is 4.48. The number of ether oxygens (including phenoxy) is 2. The standard InChI is InChI=1S/C23H28FN3O6/c1-22(2,3)33-21(31)27-8-6-23(7-9-27)12-32-17-10-13(15(24)11-14(17)23)19(29)25-16-4-5-18(28)26-20(16)30/h10-11,16H,4-9,12H2,1-3H3,(H,25,29)(H,26,28,30)/t16-/m0/s1. The van der Waals surface area contributed by atoms with Crippen molar-refractivity contribution in [3.8, 4) is 5.75 Å². The van der Waals surface area contributed by atoms with Crippen molar-refractivity contribution in [2.75, 3.05) is 19.7 Å². The number of hydrogen-bond donors (Lipinski definition) is 2. The Balaban J connectivity index is 1.46. The maximum atomic E-state index is 15.0. The van der Waals surface area contributed by atoms with Gasteiger partial charge in [0, 0.05) is 30.5 Å². The van der Waals surface area contributed by atoms with Crippen LogP contribution in [0.5, 0.6) is 5.75 Å². The monoisotopic (exact) mass is 461 g/mol. The average Bonchev–Trinajstić information content (AvgIpc) is 3.05. The van der Waals surface area contributed by atoms with Gasteiger partial charge >= 0.3 is 6.09 Å². The number of imide groups is 1. The second kappa shape index (κ2) is 8.31. The minimum absolute atomic E-state index is 0.106. The molecular formula is C23H28FN3O6. The molecule has 3 aliphatic heterocycles. The molecule has 3 heterocycles. The van der Waals surface area contributed by atoms with Crippen molar-refractivity contribution in [3.63, 3.8) is 0 Å². The van der Waals surface area contributed by atoms with E-state index in [9.17, 15) is 23.6 Å². The van der Waals surface area contributed by atoms with E-state index in [4.69, 9.17) is 9.47 Å². The van der Waals surface area contributed by atoms with Crippen LogP contribution < -0.4 is 15.4 Å². The number of benzene rings is 1. The van der Waals surface area contributed by atoms with E-state index in [-0.39, 0.29) is 24.5 Å². The van der Waals surface area contributed by atoms with Gasteiger partial charge in [-0.1, -0.05) is 0 Å². The quantitative estimate of drug-likeness (QED) is 0.652. The molecule has 0 radical (unpaired) electrons. The maximum Gasteiger partial charge on any atom is 0.410 e. The first-order valence-corrected chi connectivity index (χ1v) is 11.1. The highest BCUT2D eigenvalue weighted by atomic mass is 19.1. The number of likely N-dealkylation sites (tertiary alicyclic amines) is 1. The number of carbonyl (C=O) groups excluding carboxylic acids is 4. The van der Waals surface area contributed by atoms with Crippen LogP contribution in [0.2, 0.25) is 0 Å². The summed E-state index contributed by atoms with van der Waals surface area (Å²) in [5, 5.41) is 4.65. The molecule has 178 valence electrons. The van der Waals surface area contributed by atoms with Crippen molar-refractivity contribution < 1.29 is 33.0 Å². The summed E-state index contributed by atoms with van der Waals surface area (Å²) < 4.78 is 26.3. The first-order chi connectivity index (χ1) is 15.5. The first-order valence-electron chi connectivity index (χ1n) is 11.1. The number of fused-ring (bicyclic) bond motifs is 2. The second-order valence-corrected chi connectivity index (χ2v) is 9.84. The van der Waals surface area contributed by atoms with Crippen LogP contribution in [-0.4, -0.2) is 60.1 Å². The molecule has 1 spiro atoms. The van der Waals surface area contributed by atoms with Crippen LogP contribution in [0.25, 0.3) is 0 Å². The molecule has 9 nitrogen and oxygen atoms in total. The largest absolute Gasteiger partial charge is 0.492 e. The third-order valence-corrected chi connectivity index (χ3v) is 6.31. The minimum atomic E-state index is -0.896. The van der Waals surface area contributed by atoms with E-state index >= 15 is 0 Å². The lowest BCUT2D eigenvalue weighted by molar-refractivity contribution is -0.134. The first kappa shape index (κ1) is 23.0. The number of nitrogens with one attached hydrogen (secondary N) is 2. The fraction of sp³-hybridized carbons (Fsp3) is 0.565. The highest BCUT2D eigenvalue weighted by Gasteiger charge is 2.45. The molecule has 2 saturated heterocycles. The zero-order valence-electron chi connectivity index (χ0n) is 19.0. The molecule has 0 saturated carbocycles. The van der Waals surface area contributed by atoms with E-state index in [0.29, 0.717) is 43.9 Å². The molecule has 0 aliphatic carbocycles. The summed E-state index contributed by atoms with van der Waals surface area (Å²) in [4.78, 5) is 49.8. The molecule has 1 atom stereocenters. The molecule has 2 fully saturated rings. The predicted molar refractivity (Wildman–Crippen MR) is 114 cm³/mol. The number of halogens is 1. The topological polar surface area (TPSA) is 114 Å². The van der Waals surface area contributed by atoms with Gasteiger partial charge in [0.2, 0.25) is 11.8 Å². The molecule has 4 amide bonds. The van der Waals surface area contributed by atoms with E-state index in [1.54, 1.807) is 4.90 Å². The Bertz CT molecular complexity index is 1010. The Kier molecular flexibility index (Phi) is 5.79. The minimum Gasteiger partial charge on any atom is -0.492 e. The summed E-state index contributed by atoms with van der Waals surface area (Å²) >= 11 is 0. The summed E-state index contributed by atoms with van der Waals surface area (Å²) in [5.41, 5.74) is -0.556. The Hall–Kier alpha value is -3.17. The van der Waals surface area contributed by atoms with Crippen LogP contribution >= 0.6 is 0 Å². The van der Waals surface area contributed by atoms with Gasteiger partial charge < -0.3 is 19.7 Å². The molecule has 1 aromatic carbocycles. The second-order valence-electron chi connectivity index (χ2n) is 9.84. The number of rotatable bonds is 2. The van der Waals surface area contributed by atoms with Crippen molar-refractivity contribution in [2.24, 2.45) is 0 Å². The molecule has 33 heavy (non-hydrogen) atoms. The molecule has 2 N–H and O–H groups in total. The summed E-state index contributed by atoms with van der Waals surface area (Å²) in [6.07, 6.45) is 1.07. The van der Waals surface area contributed by atoms with Gasteiger partial charge in [-0.25, -0.2) is 9.18 Å². The van der Waals surface area contributed by atoms with Crippen LogP contribution in [0, 0.1) is 5.82 Å². The van der Waals surface area contributed by atoms with Gasteiger partial charge in [-0.2, -0.15) is 0 Å². The summed E-state index contributed by atoms with van der Waals surface area (Å²) in [6, 6.07) is 1.79. The number of carbonyl (C=O) groups is 4. The van der Waals surface area contributed by atoms with Gasteiger partial charge in [0.05, 0.1) is 12.2 Å². The van der Waals surface area contributed by atoms with Gasteiger partial charge in [0.1, 0.15) is 23.2 Å². The van der Waals surface area contributed by atoms with Crippen LogP contribution in [0.4, 0.5) is 9.18 Å². The maximum absolute atomic E-state index is 15.0. The summed E-state index contributed by atoms with van der Waals surface area (Å²) in [7, 11) is 0. The van der Waals surface area contributed by atoms with Crippen molar-refractivity contribution in [2.45, 2.75) is 63.5 Å². The van der Waals surface area contributed by atoms with Crippen LogP contribution in [0.1, 0.15) is 62.4 Å². The predicted octanol–water partition coefficient (Wildman–Crippen LogP) is 2.02. The van der Waals surface area contributed by atoms with Crippen LogP contribution in [0.3, 0.4) is 0 Å². The van der Waals surface area contributed by atoms with Gasteiger partial charge in [-0.05, 0) is 52.2 Å². The zero-order valence-corrected chi connectivity index (χ0v) is 19.0. The van der Waals surface area contributed by atoms with Crippen molar-refractivity contribution in [1.29, 1.82) is 0 Å². The average molecular weight is 461 g/mol. The zero-order chi connectivity index (χ0) is 24.0. The SMILES string of the molecule is CC(C)(C)OC(=O)N1CCC2(CC1)COc1cc(C(=O)N[C@H]3CCC(=O)NC3=O)c(F)cc12. The van der Waals surface area contributed by atoms with Crippen molar-refractivity contribution in [1.82, 2.24) is 15.5 Å². The highest BCUT2D eigenvalue weighted by molar-refractivity contribution is 6.04. The van der Waals surface area contributed by atoms with Gasteiger partial charge in [0.15, 0.2) is 0 Å². The van der Waals surface area contributed by atoms with Crippen LogP contribution in [0.15, 0.2) is 12.1 Å². The van der Waals surface area contributed by atoms with Crippen LogP contribution in [-0.2, 0) is 19.7 Å². The van der Waals surface area contributed by atoms with Crippen molar-refractivity contribution >= 4 is 23.8 Å². The summed E-state index contributed by atoms with van der Waals surface area (Å²) in [6.45, 7) is 6.69. The molecule has 3 aliphatic rings. The number of amides is 4. The third kappa shape index (κ3) is 4.65. The van der Waals surface area contributed by atoms with E-state index in [0.717, 1.165) is 0 Å². The van der Waals surface area contributed by atoms with E-state index in [2.05, 4.69) is 10.6 Å². The lowest BCUT2D eigenvalue weighted by atomic mass is 9.74. The highest BCUT2D eigenvalue weighted by Crippen LogP contribution is 2.46. The van der Waals surface area contributed by atoms with Gasteiger partial charge in [-0.15, -0.1) is 0 Å². The van der Waals surface area contributed by atoms with E-state index < -0.39 is 40.6 Å².